The number of benzene rings is 1. The molecule has 0 aliphatic carbocycles. The van der Waals surface area contributed by atoms with E-state index in [9.17, 15) is 0 Å². The van der Waals surface area contributed by atoms with Crippen molar-refractivity contribution in [3.05, 3.63) is 65.9 Å². The minimum Gasteiger partial charge on any atom is -0.482 e. The average Bonchev–Trinajstić information content (AvgIpc) is 3.09. The fraction of sp³-hybridized carbons (Fsp3) is 0.158. The van der Waals surface area contributed by atoms with Crippen molar-refractivity contribution < 1.29 is 9.26 Å². The van der Waals surface area contributed by atoms with Crippen LogP contribution in [0.25, 0.3) is 22.3 Å². The van der Waals surface area contributed by atoms with Gasteiger partial charge in [0.25, 0.3) is 5.89 Å². The van der Waals surface area contributed by atoms with Crippen LogP contribution in [0.3, 0.4) is 0 Å². The molecule has 0 spiro atoms. The van der Waals surface area contributed by atoms with Crippen LogP contribution < -0.4 is 4.74 Å². The number of fused-ring (bicyclic) bond motifs is 1. The van der Waals surface area contributed by atoms with Crippen LogP contribution in [0.4, 0.5) is 0 Å². The maximum Gasteiger partial charge on any atom is 0.264 e. The number of aryl methyl sites for hydroxylation is 2. The standard InChI is InChI=1S/C19H16N4O2/c1-12-3-5-14(6-4-12)19-22-18(25-23-19)11-24-17-9-15-10-20-8-7-16(15)21-13(17)2/h3-10H,11H2,1-2H3. The van der Waals surface area contributed by atoms with E-state index in [4.69, 9.17) is 9.26 Å². The molecule has 3 aromatic heterocycles. The molecule has 6 nitrogen and oxygen atoms in total. The van der Waals surface area contributed by atoms with E-state index in [0.29, 0.717) is 17.5 Å². The highest BCUT2D eigenvalue weighted by molar-refractivity contribution is 5.79. The number of ether oxygens (including phenoxy) is 1. The molecule has 0 saturated heterocycles. The van der Waals surface area contributed by atoms with E-state index in [1.165, 1.54) is 5.56 Å². The molecule has 0 amide bonds. The molecule has 0 fully saturated rings. The van der Waals surface area contributed by atoms with Crippen molar-refractivity contribution >= 4 is 10.9 Å². The number of hydrogen-bond acceptors (Lipinski definition) is 6. The van der Waals surface area contributed by atoms with E-state index in [-0.39, 0.29) is 6.61 Å². The van der Waals surface area contributed by atoms with Crippen LogP contribution in [0.5, 0.6) is 5.75 Å². The summed E-state index contributed by atoms with van der Waals surface area (Å²) in [5, 5.41) is 4.93. The minimum absolute atomic E-state index is 0.188. The third-order valence-electron chi connectivity index (χ3n) is 3.89. The highest BCUT2D eigenvalue weighted by Gasteiger charge is 2.11. The molecule has 0 bridgehead atoms. The zero-order valence-electron chi connectivity index (χ0n) is 13.9. The van der Waals surface area contributed by atoms with Gasteiger partial charge in [-0.3, -0.25) is 4.98 Å². The molecular weight excluding hydrogens is 316 g/mol. The summed E-state index contributed by atoms with van der Waals surface area (Å²) in [6.07, 6.45) is 3.48. The fourth-order valence-corrected chi connectivity index (χ4v) is 2.51. The van der Waals surface area contributed by atoms with E-state index in [1.54, 1.807) is 12.4 Å². The zero-order chi connectivity index (χ0) is 17.2. The van der Waals surface area contributed by atoms with Gasteiger partial charge in [0.05, 0.1) is 11.2 Å². The Morgan fingerprint density at radius 3 is 2.72 bits per heavy atom. The second kappa shape index (κ2) is 6.32. The van der Waals surface area contributed by atoms with Gasteiger partial charge >= 0.3 is 0 Å². The van der Waals surface area contributed by atoms with E-state index >= 15 is 0 Å². The maximum absolute atomic E-state index is 5.81. The molecule has 4 aromatic rings. The monoisotopic (exact) mass is 332 g/mol. The summed E-state index contributed by atoms with van der Waals surface area (Å²) < 4.78 is 11.1. The van der Waals surface area contributed by atoms with Crippen molar-refractivity contribution in [2.75, 3.05) is 0 Å². The molecule has 0 unspecified atom stereocenters. The first kappa shape index (κ1) is 15.3. The smallest absolute Gasteiger partial charge is 0.264 e. The summed E-state index contributed by atoms with van der Waals surface area (Å²) >= 11 is 0. The normalized spacial score (nSPS) is 11.0. The van der Waals surface area contributed by atoms with Gasteiger partial charge in [0, 0.05) is 23.3 Å². The predicted octanol–water partition coefficient (Wildman–Crippen LogP) is 3.88. The van der Waals surface area contributed by atoms with Gasteiger partial charge in [0.15, 0.2) is 6.61 Å². The second-order valence-corrected chi connectivity index (χ2v) is 5.81. The Bertz CT molecular complexity index is 1030. The van der Waals surface area contributed by atoms with Gasteiger partial charge in [-0.1, -0.05) is 35.0 Å². The summed E-state index contributed by atoms with van der Waals surface area (Å²) in [6.45, 7) is 4.13. The topological polar surface area (TPSA) is 73.9 Å². The number of nitrogens with zero attached hydrogens (tertiary/aromatic N) is 4. The number of hydrogen-bond donors (Lipinski definition) is 0. The Kier molecular flexibility index (Phi) is 3.85. The van der Waals surface area contributed by atoms with Crippen LogP contribution in [-0.4, -0.2) is 20.1 Å². The lowest BCUT2D eigenvalue weighted by Gasteiger charge is -2.07. The lowest BCUT2D eigenvalue weighted by molar-refractivity contribution is 0.241. The molecule has 3 heterocycles. The Hall–Kier alpha value is -3.28. The van der Waals surface area contributed by atoms with Crippen LogP contribution in [0.2, 0.25) is 0 Å². The van der Waals surface area contributed by atoms with Gasteiger partial charge in [0.2, 0.25) is 5.82 Å². The van der Waals surface area contributed by atoms with E-state index in [2.05, 4.69) is 20.1 Å². The molecule has 0 aliphatic heterocycles. The van der Waals surface area contributed by atoms with Crippen molar-refractivity contribution in [1.82, 2.24) is 20.1 Å². The molecular formula is C19H16N4O2. The van der Waals surface area contributed by atoms with Crippen molar-refractivity contribution in [3.63, 3.8) is 0 Å². The summed E-state index contributed by atoms with van der Waals surface area (Å²) in [5.74, 6) is 1.65. The molecule has 0 N–H and O–H groups in total. The lowest BCUT2D eigenvalue weighted by atomic mass is 10.1. The number of rotatable bonds is 4. The highest BCUT2D eigenvalue weighted by atomic mass is 16.5. The summed E-state index contributed by atoms with van der Waals surface area (Å²) in [7, 11) is 0. The van der Waals surface area contributed by atoms with Gasteiger partial charge in [-0.05, 0) is 26.0 Å². The minimum atomic E-state index is 0.188. The van der Waals surface area contributed by atoms with E-state index in [1.807, 2.05) is 50.2 Å². The van der Waals surface area contributed by atoms with Gasteiger partial charge in [-0.2, -0.15) is 4.98 Å². The average molecular weight is 332 g/mol. The van der Waals surface area contributed by atoms with Crippen LogP contribution in [0.1, 0.15) is 17.1 Å². The molecule has 4 rings (SSSR count). The fourth-order valence-electron chi connectivity index (χ4n) is 2.51. The van der Waals surface area contributed by atoms with Gasteiger partial charge in [-0.15, -0.1) is 0 Å². The Morgan fingerprint density at radius 2 is 1.88 bits per heavy atom. The Morgan fingerprint density at radius 1 is 1.04 bits per heavy atom. The Balaban J connectivity index is 1.52. The molecule has 0 aliphatic rings. The van der Waals surface area contributed by atoms with Gasteiger partial charge in [0.1, 0.15) is 5.75 Å². The molecule has 0 radical (unpaired) electrons. The molecule has 0 atom stereocenters. The van der Waals surface area contributed by atoms with Crippen LogP contribution in [-0.2, 0) is 6.61 Å². The molecule has 25 heavy (non-hydrogen) atoms. The molecule has 124 valence electrons. The van der Waals surface area contributed by atoms with Crippen molar-refractivity contribution in [1.29, 1.82) is 0 Å². The van der Waals surface area contributed by atoms with Crippen molar-refractivity contribution in [2.24, 2.45) is 0 Å². The van der Waals surface area contributed by atoms with Crippen LogP contribution in [0, 0.1) is 13.8 Å². The van der Waals surface area contributed by atoms with E-state index < -0.39 is 0 Å². The maximum atomic E-state index is 5.81. The first-order chi connectivity index (χ1) is 12.2. The summed E-state index contributed by atoms with van der Waals surface area (Å²) in [5.41, 5.74) is 3.79. The lowest BCUT2D eigenvalue weighted by Crippen LogP contribution is -1.99. The molecule has 0 saturated carbocycles. The van der Waals surface area contributed by atoms with Crippen molar-refractivity contribution in [3.8, 4) is 17.1 Å². The van der Waals surface area contributed by atoms with Crippen LogP contribution in [0.15, 0.2) is 53.3 Å². The second-order valence-electron chi connectivity index (χ2n) is 5.81. The molecule has 1 aromatic carbocycles. The Labute approximate surface area is 144 Å². The summed E-state index contributed by atoms with van der Waals surface area (Å²) in [6, 6.07) is 11.8. The van der Waals surface area contributed by atoms with Crippen LogP contribution >= 0.6 is 0 Å². The quantitative estimate of drug-likeness (QED) is 0.565. The van der Waals surface area contributed by atoms with Crippen molar-refractivity contribution in [2.45, 2.75) is 20.5 Å². The largest absolute Gasteiger partial charge is 0.482 e. The van der Waals surface area contributed by atoms with Gasteiger partial charge in [-0.25, -0.2) is 4.98 Å². The third kappa shape index (κ3) is 3.19. The third-order valence-corrected chi connectivity index (χ3v) is 3.89. The SMILES string of the molecule is Cc1ccc(-c2noc(COc3cc4cnccc4nc3C)n2)cc1. The first-order valence-electron chi connectivity index (χ1n) is 7.93. The number of aromatic nitrogens is 4. The van der Waals surface area contributed by atoms with E-state index in [0.717, 1.165) is 22.2 Å². The zero-order valence-corrected chi connectivity index (χ0v) is 13.9. The first-order valence-corrected chi connectivity index (χ1v) is 7.93. The summed E-state index contributed by atoms with van der Waals surface area (Å²) in [4.78, 5) is 13.0. The van der Waals surface area contributed by atoms with Gasteiger partial charge < -0.3 is 9.26 Å². The predicted molar refractivity (Wildman–Crippen MR) is 93.1 cm³/mol. The number of pyridine rings is 2. The highest BCUT2D eigenvalue weighted by Crippen LogP contribution is 2.23. The molecule has 6 heteroatoms.